The quantitative estimate of drug-likeness (QED) is 0.207. The molecule has 10 nitrogen and oxygen atoms in total. The molecule has 2 aliphatic heterocycles. The number of aromatic amines is 1. The van der Waals surface area contributed by atoms with Crippen molar-refractivity contribution in [2.75, 3.05) is 30.0 Å². The molecule has 2 aliphatic rings. The maximum atomic E-state index is 13.5. The van der Waals surface area contributed by atoms with Crippen LogP contribution in [0, 0.1) is 6.92 Å². The number of ketones is 1. The van der Waals surface area contributed by atoms with Crippen LogP contribution >= 0.6 is 0 Å². The van der Waals surface area contributed by atoms with Crippen LogP contribution in [0.15, 0.2) is 66.2 Å². The SMILES string of the molecule is Cc1cccc(C2/C(=C(\O)c3ccc4c(c3)N(C)CCO4)C(=O)C(=O)N2c2nc3ccc(C(=O)O)cc3[nH]2)c1. The summed E-state index contributed by atoms with van der Waals surface area (Å²) in [5.74, 6) is -2.40. The standard InChI is InChI=1S/C29H24N4O6/c1-15-4-3-5-16(12-15)24-23(25(34)17-7-9-22-21(14-17)32(2)10-11-39-22)26(35)27(36)33(24)29-30-19-8-6-18(28(37)38)13-20(19)31-29/h3-9,12-14,24,34H,10-11H2,1-2H3,(H,30,31)(H,37,38)/b25-23+. The monoisotopic (exact) mass is 524 g/mol. The third kappa shape index (κ3) is 3.97. The van der Waals surface area contributed by atoms with Crippen molar-refractivity contribution in [3.63, 3.8) is 0 Å². The number of imidazole rings is 1. The summed E-state index contributed by atoms with van der Waals surface area (Å²) in [7, 11) is 1.91. The molecular formula is C29H24N4O6. The van der Waals surface area contributed by atoms with Crippen molar-refractivity contribution in [3.05, 3.63) is 88.5 Å². The molecule has 3 N–H and O–H groups in total. The number of aliphatic hydroxyl groups is 1. The minimum Gasteiger partial charge on any atom is -0.507 e. The summed E-state index contributed by atoms with van der Waals surface area (Å²) in [6.45, 7) is 3.10. The zero-order valence-electron chi connectivity index (χ0n) is 21.1. The predicted octanol–water partition coefficient (Wildman–Crippen LogP) is 4.02. The third-order valence-corrected chi connectivity index (χ3v) is 7.07. The second-order valence-electron chi connectivity index (χ2n) is 9.63. The van der Waals surface area contributed by atoms with Crippen LogP contribution in [-0.4, -0.2) is 58.0 Å². The van der Waals surface area contributed by atoms with Crippen LogP contribution in [0.5, 0.6) is 5.75 Å². The Hall–Kier alpha value is -5.12. The van der Waals surface area contributed by atoms with Gasteiger partial charge in [0.1, 0.15) is 18.1 Å². The van der Waals surface area contributed by atoms with E-state index in [4.69, 9.17) is 4.74 Å². The summed E-state index contributed by atoms with van der Waals surface area (Å²) < 4.78 is 5.70. The van der Waals surface area contributed by atoms with Crippen LogP contribution in [0.2, 0.25) is 0 Å². The molecule has 1 fully saturated rings. The average Bonchev–Trinajstić information content (AvgIpc) is 3.46. The largest absolute Gasteiger partial charge is 0.507 e. The first-order valence-corrected chi connectivity index (χ1v) is 12.3. The Morgan fingerprint density at radius 2 is 1.85 bits per heavy atom. The van der Waals surface area contributed by atoms with Gasteiger partial charge in [0.25, 0.3) is 5.78 Å². The number of amides is 1. The van der Waals surface area contributed by atoms with Gasteiger partial charge in [0.15, 0.2) is 0 Å². The van der Waals surface area contributed by atoms with Crippen molar-refractivity contribution in [1.82, 2.24) is 9.97 Å². The van der Waals surface area contributed by atoms with Gasteiger partial charge in [-0.3, -0.25) is 14.5 Å². The highest BCUT2D eigenvalue weighted by Gasteiger charge is 2.48. The average molecular weight is 525 g/mol. The number of Topliss-reactive ketones (excluding diaryl/α,β-unsaturated/α-hetero) is 1. The Balaban J connectivity index is 1.53. The Morgan fingerprint density at radius 3 is 2.62 bits per heavy atom. The van der Waals surface area contributed by atoms with Gasteiger partial charge >= 0.3 is 11.9 Å². The number of benzene rings is 3. The number of fused-ring (bicyclic) bond motifs is 2. The van der Waals surface area contributed by atoms with Gasteiger partial charge in [0, 0.05) is 12.6 Å². The number of aliphatic hydroxyl groups excluding tert-OH is 1. The number of nitrogens with one attached hydrogen (secondary N) is 1. The van der Waals surface area contributed by atoms with Crippen molar-refractivity contribution < 1.29 is 29.3 Å². The Bertz CT molecular complexity index is 1720. The van der Waals surface area contributed by atoms with Gasteiger partial charge < -0.3 is 24.8 Å². The summed E-state index contributed by atoms with van der Waals surface area (Å²) >= 11 is 0. The smallest absolute Gasteiger partial charge is 0.335 e. The van der Waals surface area contributed by atoms with E-state index in [1.54, 1.807) is 24.3 Å². The molecule has 0 spiro atoms. The first-order valence-electron chi connectivity index (χ1n) is 12.3. The van der Waals surface area contributed by atoms with E-state index in [0.717, 1.165) is 11.3 Å². The number of hydrogen-bond donors (Lipinski definition) is 3. The molecular weight excluding hydrogens is 500 g/mol. The number of H-pyrrole nitrogens is 1. The van der Waals surface area contributed by atoms with E-state index in [1.165, 1.54) is 23.1 Å². The van der Waals surface area contributed by atoms with Crippen molar-refractivity contribution in [2.24, 2.45) is 0 Å². The van der Waals surface area contributed by atoms with Gasteiger partial charge in [0.05, 0.1) is 40.4 Å². The van der Waals surface area contributed by atoms with Crippen LogP contribution in [0.4, 0.5) is 11.6 Å². The van der Waals surface area contributed by atoms with Crippen molar-refractivity contribution in [1.29, 1.82) is 0 Å². The number of aryl methyl sites for hydroxylation is 1. The molecule has 3 heterocycles. The highest BCUT2D eigenvalue weighted by Crippen LogP contribution is 2.43. The second kappa shape index (κ2) is 9.02. The Labute approximate surface area is 222 Å². The molecule has 0 radical (unpaired) electrons. The number of ether oxygens (including phenoxy) is 1. The molecule has 10 heteroatoms. The van der Waals surface area contributed by atoms with E-state index < -0.39 is 23.7 Å². The molecule has 1 aromatic heterocycles. The summed E-state index contributed by atoms with van der Waals surface area (Å²) in [5, 5.41) is 20.9. The molecule has 0 bridgehead atoms. The molecule has 1 amide bonds. The number of aromatic nitrogens is 2. The van der Waals surface area contributed by atoms with Gasteiger partial charge in [-0.2, -0.15) is 0 Å². The fourth-order valence-corrected chi connectivity index (χ4v) is 5.10. The zero-order valence-corrected chi connectivity index (χ0v) is 21.1. The van der Waals surface area contributed by atoms with Crippen LogP contribution in [0.3, 0.4) is 0 Å². The molecule has 1 unspecified atom stereocenters. The second-order valence-corrected chi connectivity index (χ2v) is 9.63. The van der Waals surface area contributed by atoms with Gasteiger partial charge in [-0.15, -0.1) is 0 Å². The maximum absolute atomic E-state index is 13.5. The minimum absolute atomic E-state index is 0.0522. The van der Waals surface area contributed by atoms with E-state index in [2.05, 4.69) is 9.97 Å². The fourth-order valence-electron chi connectivity index (χ4n) is 5.10. The number of carbonyl (C=O) groups excluding carboxylic acids is 2. The lowest BCUT2D eigenvalue weighted by molar-refractivity contribution is -0.132. The van der Waals surface area contributed by atoms with E-state index >= 15 is 0 Å². The molecule has 39 heavy (non-hydrogen) atoms. The minimum atomic E-state index is -1.10. The summed E-state index contributed by atoms with van der Waals surface area (Å²) in [5.41, 5.74) is 3.45. The molecule has 3 aromatic carbocycles. The topological polar surface area (TPSA) is 136 Å². The van der Waals surface area contributed by atoms with E-state index in [-0.39, 0.29) is 22.8 Å². The number of aromatic carboxylic acids is 1. The van der Waals surface area contributed by atoms with Gasteiger partial charge in [0.2, 0.25) is 5.95 Å². The number of carboxylic acid groups (broad SMARTS) is 1. The van der Waals surface area contributed by atoms with Crippen LogP contribution in [-0.2, 0) is 9.59 Å². The molecule has 0 saturated carbocycles. The number of anilines is 2. The number of nitrogens with zero attached hydrogens (tertiary/aromatic N) is 3. The first kappa shape index (κ1) is 24.2. The van der Waals surface area contributed by atoms with E-state index in [1.807, 2.05) is 37.1 Å². The first-order chi connectivity index (χ1) is 18.7. The Morgan fingerprint density at radius 1 is 1.05 bits per heavy atom. The number of carboxylic acids is 1. The highest BCUT2D eigenvalue weighted by atomic mass is 16.5. The third-order valence-electron chi connectivity index (χ3n) is 7.07. The van der Waals surface area contributed by atoms with Crippen molar-refractivity contribution >= 4 is 46.1 Å². The number of likely N-dealkylation sites (N-methyl/N-ethyl adjacent to an activating group) is 1. The van der Waals surface area contributed by atoms with Crippen molar-refractivity contribution in [3.8, 4) is 5.75 Å². The van der Waals surface area contributed by atoms with Gasteiger partial charge in [-0.05, 0) is 48.9 Å². The van der Waals surface area contributed by atoms with Crippen LogP contribution < -0.4 is 14.5 Å². The van der Waals surface area contributed by atoms with Crippen molar-refractivity contribution in [2.45, 2.75) is 13.0 Å². The zero-order chi connectivity index (χ0) is 27.4. The number of hydrogen-bond acceptors (Lipinski definition) is 7. The van der Waals surface area contributed by atoms with E-state index in [0.29, 0.717) is 41.1 Å². The van der Waals surface area contributed by atoms with Crippen LogP contribution in [0.25, 0.3) is 16.8 Å². The molecule has 0 aliphatic carbocycles. The predicted molar refractivity (Wildman–Crippen MR) is 144 cm³/mol. The molecule has 1 saturated heterocycles. The number of carbonyl (C=O) groups is 3. The molecule has 196 valence electrons. The van der Waals surface area contributed by atoms with Crippen LogP contribution in [0.1, 0.15) is 33.1 Å². The lowest BCUT2D eigenvalue weighted by Gasteiger charge is -2.28. The number of rotatable bonds is 4. The normalized spacial score (nSPS) is 18.4. The molecule has 1 atom stereocenters. The summed E-state index contributed by atoms with van der Waals surface area (Å²) in [6, 6.07) is 15.8. The lowest BCUT2D eigenvalue weighted by atomic mass is 9.94. The highest BCUT2D eigenvalue weighted by molar-refractivity contribution is 6.51. The molecule has 4 aromatic rings. The fraction of sp³-hybridized carbons (Fsp3) is 0.172. The maximum Gasteiger partial charge on any atom is 0.335 e. The van der Waals surface area contributed by atoms with Gasteiger partial charge in [-0.25, -0.2) is 9.78 Å². The summed E-state index contributed by atoms with van der Waals surface area (Å²) in [4.78, 5) is 49.2. The summed E-state index contributed by atoms with van der Waals surface area (Å²) in [6.07, 6.45) is 0. The Kier molecular flexibility index (Phi) is 5.60. The molecule has 6 rings (SSSR count). The van der Waals surface area contributed by atoms with E-state index in [9.17, 15) is 24.6 Å². The lowest BCUT2D eigenvalue weighted by Crippen LogP contribution is -2.30. The van der Waals surface area contributed by atoms with Gasteiger partial charge in [-0.1, -0.05) is 29.8 Å².